The van der Waals surface area contributed by atoms with Gasteiger partial charge in [-0.2, -0.15) is 9.57 Å². The van der Waals surface area contributed by atoms with Gasteiger partial charge >= 0.3 is 0 Å². The summed E-state index contributed by atoms with van der Waals surface area (Å²) in [6, 6.07) is 8.89. The largest absolute Gasteiger partial charge is 0.398 e. The minimum Gasteiger partial charge on any atom is -0.398 e. The molecule has 0 aliphatic heterocycles. The van der Waals surface area contributed by atoms with Crippen LogP contribution in [-0.2, 0) is 16.6 Å². The van der Waals surface area contributed by atoms with E-state index in [1.165, 1.54) is 11.4 Å². The molecule has 0 saturated carbocycles. The highest BCUT2D eigenvalue weighted by Gasteiger charge is 2.28. The van der Waals surface area contributed by atoms with E-state index in [-0.39, 0.29) is 13.0 Å². The quantitative estimate of drug-likeness (QED) is 0.815. The Morgan fingerprint density at radius 1 is 1.44 bits per heavy atom. The summed E-state index contributed by atoms with van der Waals surface area (Å²) in [6.45, 7) is 1.85. The summed E-state index contributed by atoms with van der Waals surface area (Å²) in [5.41, 5.74) is 7.05. The number of nitrogens with zero attached hydrogens (tertiary/aromatic N) is 2. The molecule has 1 unspecified atom stereocenters. The third-order valence-corrected chi connectivity index (χ3v) is 4.91. The van der Waals surface area contributed by atoms with Gasteiger partial charge in [-0.3, -0.25) is 0 Å². The fourth-order valence-electron chi connectivity index (χ4n) is 1.59. The molecule has 1 atom stereocenters. The number of hydrogen-bond acceptors (Lipinski definition) is 4. The van der Waals surface area contributed by atoms with Crippen LogP contribution in [0.2, 0.25) is 0 Å². The minimum absolute atomic E-state index is 0.174. The minimum atomic E-state index is -3.60. The molecule has 0 radical (unpaired) electrons. The molecule has 6 heteroatoms. The molecule has 0 aliphatic carbocycles. The second-order valence-corrected chi connectivity index (χ2v) is 6.25. The third-order valence-electron chi connectivity index (χ3n) is 2.76. The Balaban J connectivity index is 2.93. The summed E-state index contributed by atoms with van der Waals surface area (Å²) in [4.78, 5) is 0. The average Bonchev–Trinajstić information content (AvgIpc) is 2.33. The summed E-state index contributed by atoms with van der Waals surface area (Å²) in [6.07, 6.45) is 0.271. The van der Waals surface area contributed by atoms with Gasteiger partial charge in [0, 0.05) is 19.3 Å². The first-order valence-corrected chi connectivity index (χ1v) is 7.12. The molecule has 0 spiro atoms. The van der Waals surface area contributed by atoms with Crippen LogP contribution >= 0.6 is 0 Å². The molecule has 0 saturated heterocycles. The zero-order chi connectivity index (χ0) is 13.8. The van der Waals surface area contributed by atoms with E-state index in [1.807, 2.05) is 6.07 Å². The van der Waals surface area contributed by atoms with E-state index < -0.39 is 15.3 Å². The van der Waals surface area contributed by atoms with Crippen LogP contribution in [0, 0.1) is 11.3 Å². The number of rotatable bonds is 5. The number of nitriles is 1. The molecule has 18 heavy (non-hydrogen) atoms. The van der Waals surface area contributed by atoms with Crippen LogP contribution in [0.1, 0.15) is 18.9 Å². The Kier molecular flexibility index (Phi) is 4.70. The monoisotopic (exact) mass is 267 g/mol. The number of nitrogens with two attached hydrogens (primary N) is 1. The number of sulfonamides is 1. The zero-order valence-electron chi connectivity index (χ0n) is 10.5. The molecule has 0 aromatic heterocycles. The van der Waals surface area contributed by atoms with Gasteiger partial charge in [-0.15, -0.1) is 0 Å². The van der Waals surface area contributed by atoms with Gasteiger partial charge in [0.1, 0.15) is 0 Å². The van der Waals surface area contributed by atoms with Crippen LogP contribution < -0.4 is 5.73 Å². The van der Waals surface area contributed by atoms with Crippen molar-refractivity contribution in [1.29, 1.82) is 5.26 Å². The third kappa shape index (κ3) is 3.00. The van der Waals surface area contributed by atoms with Gasteiger partial charge in [0.15, 0.2) is 5.25 Å². The fourth-order valence-corrected chi connectivity index (χ4v) is 2.90. The van der Waals surface area contributed by atoms with Crippen molar-refractivity contribution in [2.24, 2.45) is 0 Å². The molecule has 1 aromatic carbocycles. The molecule has 2 N–H and O–H groups in total. The van der Waals surface area contributed by atoms with E-state index >= 15 is 0 Å². The van der Waals surface area contributed by atoms with E-state index in [2.05, 4.69) is 0 Å². The van der Waals surface area contributed by atoms with E-state index in [0.717, 1.165) is 5.56 Å². The molecule has 5 nitrogen and oxygen atoms in total. The Labute approximate surface area is 108 Å². The van der Waals surface area contributed by atoms with Crippen LogP contribution in [-0.4, -0.2) is 25.0 Å². The predicted molar refractivity (Wildman–Crippen MR) is 70.9 cm³/mol. The summed E-state index contributed by atoms with van der Waals surface area (Å²) in [5, 5.41) is 7.84. The maximum atomic E-state index is 12.1. The van der Waals surface area contributed by atoms with Crippen molar-refractivity contribution < 1.29 is 8.42 Å². The molecule has 1 aromatic rings. The van der Waals surface area contributed by atoms with Crippen LogP contribution in [0.15, 0.2) is 24.3 Å². The van der Waals surface area contributed by atoms with Crippen molar-refractivity contribution in [3.63, 3.8) is 0 Å². The Hall–Kier alpha value is -1.58. The standard InChI is InChI=1S/C12H17N3O2S/c1-3-11(8-13)18(16,17)15(2)9-10-6-4-5-7-12(10)14/h4-7,11H,3,9,14H2,1-2H3. The highest BCUT2D eigenvalue weighted by atomic mass is 32.2. The van der Waals surface area contributed by atoms with Crippen molar-refractivity contribution in [3.05, 3.63) is 29.8 Å². The van der Waals surface area contributed by atoms with Gasteiger partial charge in [0.05, 0.1) is 6.07 Å². The highest BCUT2D eigenvalue weighted by molar-refractivity contribution is 7.89. The van der Waals surface area contributed by atoms with E-state index in [1.54, 1.807) is 31.2 Å². The van der Waals surface area contributed by atoms with E-state index in [0.29, 0.717) is 5.69 Å². The van der Waals surface area contributed by atoms with E-state index in [4.69, 9.17) is 11.0 Å². The van der Waals surface area contributed by atoms with Crippen LogP contribution in [0.25, 0.3) is 0 Å². The van der Waals surface area contributed by atoms with E-state index in [9.17, 15) is 8.42 Å². The smallest absolute Gasteiger partial charge is 0.230 e. The van der Waals surface area contributed by atoms with Crippen LogP contribution in [0.4, 0.5) is 5.69 Å². The molecule has 0 fully saturated rings. The first kappa shape index (κ1) is 14.5. The van der Waals surface area contributed by atoms with Crippen LogP contribution in [0.3, 0.4) is 0 Å². The van der Waals surface area contributed by atoms with Gasteiger partial charge in [0.2, 0.25) is 10.0 Å². The lowest BCUT2D eigenvalue weighted by atomic mass is 10.2. The molecule has 98 valence electrons. The Morgan fingerprint density at radius 3 is 2.56 bits per heavy atom. The number of benzene rings is 1. The van der Waals surface area contributed by atoms with Crippen molar-refractivity contribution >= 4 is 15.7 Å². The van der Waals surface area contributed by atoms with Gasteiger partial charge in [0.25, 0.3) is 0 Å². The summed E-state index contributed by atoms with van der Waals surface area (Å²) in [5.74, 6) is 0. The molecular weight excluding hydrogens is 250 g/mol. The molecule has 0 aliphatic rings. The Bertz CT molecular complexity index is 549. The average molecular weight is 267 g/mol. The molecule has 1 rings (SSSR count). The van der Waals surface area contributed by atoms with Crippen molar-refractivity contribution in [2.75, 3.05) is 12.8 Å². The summed E-state index contributed by atoms with van der Waals surface area (Å²) in [7, 11) is -2.14. The SMILES string of the molecule is CCC(C#N)S(=O)(=O)N(C)Cc1ccccc1N. The molecule has 0 bridgehead atoms. The highest BCUT2D eigenvalue weighted by Crippen LogP contribution is 2.17. The molecule has 0 amide bonds. The Morgan fingerprint density at radius 2 is 2.06 bits per heavy atom. The van der Waals surface area contributed by atoms with Gasteiger partial charge < -0.3 is 5.73 Å². The van der Waals surface area contributed by atoms with Gasteiger partial charge in [-0.05, 0) is 18.1 Å². The number of nitrogen functional groups attached to an aromatic ring is 1. The van der Waals surface area contributed by atoms with Gasteiger partial charge in [-0.1, -0.05) is 25.1 Å². The first-order chi connectivity index (χ1) is 8.43. The van der Waals surface area contributed by atoms with Crippen LogP contribution in [0.5, 0.6) is 0 Å². The zero-order valence-corrected chi connectivity index (χ0v) is 11.3. The topological polar surface area (TPSA) is 87.2 Å². The van der Waals surface area contributed by atoms with Gasteiger partial charge in [-0.25, -0.2) is 8.42 Å². The predicted octanol–water partition coefficient (Wildman–Crippen LogP) is 1.33. The normalized spacial score (nSPS) is 13.2. The maximum absolute atomic E-state index is 12.1. The fraction of sp³-hybridized carbons (Fsp3) is 0.417. The lowest BCUT2D eigenvalue weighted by Gasteiger charge is -2.20. The lowest BCUT2D eigenvalue weighted by molar-refractivity contribution is 0.461. The summed E-state index contributed by atoms with van der Waals surface area (Å²) >= 11 is 0. The number of para-hydroxylation sites is 1. The lowest BCUT2D eigenvalue weighted by Crippen LogP contribution is -2.34. The molecule has 0 heterocycles. The first-order valence-electron chi connectivity index (χ1n) is 5.61. The van der Waals surface area contributed by atoms with Crippen molar-refractivity contribution in [3.8, 4) is 6.07 Å². The maximum Gasteiger partial charge on any atom is 0.230 e. The van der Waals surface area contributed by atoms with Crippen molar-refractivity contribution in [1.82, 2.24) is 4.31 Å². The second-order valence-electron chi connectivity index (χ2n) is 4.03. The van der Waals surface area contributed by atoms with Crippen molar-refractivity contribution in [2.45, 2.75) is 25.1 Å². The number of anilines is 1. The number of hydrogen-bond donors (Lipinski definition) is 1. The summed E-state index contributed by atoms with van der Waals surface area (Å²) < 4.78 is 25.3. The molecular formula is C12H17N3O2S. The second kappa shape index (κ2) is 5.85.